The molecule has 1 atom stereocenters. The highest BCUT2D eigenvalue weighted by Gasteiger charge is 2.23. The van der Waals surface area contributed by atoms with Crippen LogP contribution in [0.25, 0.3) is 0 Å². The minimum Gasteiger partial charge on any atom is -0.342 e. The lowest BCUT2D eigenvalue weighted by Crippen LogP contribution is -2.23. The molecule has 1 fully saturated rings. The molecule has 1 aromatic heterocycles. The van der Waals surface area contributed by atoms with Crippen LogP contribution in [0.15, 0.2) is 0 Å². The largest absolute Gasteiger partial charge is 0.342 e. The number of aryl methyl sites for hydroxylation is 2. The van der Waals surface area contributed by atoms with Crippen molar-refractivity contribution < 1.29 is 0 Å². The van der Waals surface area contributed by atoms with E-state index in [-0.39, 0.29) is 0 Å². The number of nitrogens with zero attached hydrogens (tertiary/aromatic N) is 2. The molecule has 1 aliphatic rings. The second-order valence-electron chi connectivity index (χ2n) is 4.11. The Bertz CT molecular complexity index is 298. The van der Waals surface area contributed by atoms with E-state index in [2.05, 4.69) is 21.8 Å². The maximum Gasteiger partial charge on any atom is 0.203 e. The number of nitrogens with one attached hydrogen (secondary N) is 1. The number of imidazole rings is 1. The molecule has 0 amide bonds. The van der Waals surface area contributed by atoms with Crippen LogP contribution in [0.4, 0.5) is 5.95 Å². The van der Waals surface area contributed by atoms with Crippen LogP contribution in [0.5, 0.6) is 0 Å². The Balaban J connectivity index is 2.09. The van der Waals surface area contributed by atoms with Gasteiger partial charge in [0.15, 0.2) is 0 Å². The molecule has 0 radical (unpaired) electrons. The zero-order chi connectivity index (χ0) is 10.1. The van der Waals surface area contributed by atoms with Crippen LogP contribution in [0, 0.1) is 19.8 Å². The second-order valence-corrected chi connectivity index (χ2v) is 4.11. The van der Waals surface area contributed by atoms with Gasteiger partial charge in [-0.2, -0.15) is 0 Å². The van der Waals surface area contributed by atoms with Crippen molar-refractivity contribution in [2.24, 2.45) is 11.7 Å². The number of anilines is 1. The van der Waals surface area contributed by atoms with E-state index in [0.29, 0.717) is 5.92 Å². The van der Waals surface area contributed by atoms with Gasteiger partial charge in [0.25, 0.3) is 0 Å². The molecule has 1 unspecified atom stereocenters. The van der Waals surface area contributed by atoms with Crippen molar-refractivity contribution in [3.8, 4) is 0 Å². The zero-order valence-corrected chi connectivity index (χ0v) is 8.88. The molecule has 2 rings (SSSR count). The Morgan fingerprint density at radius 2 is 2.36 bits per heavy atom. The fourth-order valence-electron chi connectivity index (χ4n) is 1.90. The van der Waals surface area contributed by atoms with E-state index in [1.165, 1.54) is 6.42 Å². The summed E-state index contributed by atoms with van der Waals surface area (Å²) in [7, 11) is 0. The molecule has 1 aliphatic heterocycles. The fourth-order valence-corrected chi connectivity index (χ4v) is 1.90. The average Bonchev–Trinajstić information content (AvgIpc) is 2.74. The Hall–Kier alpha value is -1.03. The van der Waals surface area contributed by atoms with Gasteiger partial charge in [0.2, 0.25) is 5.95 Å². The first-order valence-corrected chi connectivity index (χ1v) is 5.19. The first kappa shape index (κ1) is 9.52. The van der Waals surface area contributed by atoms with Crippen LogP contribution in [-0.2, 0) is 0 Å². The summed E-state index contributed by atoms with van der Waals surface area (Å²) >= 11 is 0. The molecule has 1 aromatic rings. The van der Waals surface area contributed by atoms with Crippen molar-refractivity contribution in [1.82, 2.24) is 9.97 Å². The highest BCUT2D eigenvalue weighted by atomic mass is 15.3. The lowest BCUT2D eigenvalue weighted by atomic mass is 10.1. The summed E-state index contributed by atoms with van der Waals surface area (Å²) < 4.78 is 0. The van der Waals surface area contributed by atoms with Gasteiger partial charge in [-0.15, -0.1) is 0 Å². The number of rotatable bonds is 2. The highest BCUT2D eigenvalue weighted by Crippen LogP contribution is 2.21. The Labute approximate surface area is 84.5 Å². The van der Waals surface area contributed by atoms with Crippen LogP contribution in [0.3, 0.4) is 0 Å². The molecule has 14 heavy (non-hydrogen) atoms. The van der Waals surface area contributed by atoms with Gasteiger partial charge in [0.1, 0.15) is 0 Å². The minimum atomic E-state index is 0.640. The highest BCUT2D eigenvalue weighted by molar-refractivity contribution is 5.35. The van der Waals surface area contributed by atoms with Crippen molar-refractivity contribution in [3.63, 3.8) is 0 Å². The molecule has 0 aromatic carbocycles. The minimum absolute atomic E-state index is 0.640. The molecule has 2 heterocycles. The van der Waals surface area contributed by atoms with E-state index in [0.717, 1.165) is 37.0 Å². The van der Waals surface area contributed by atoms with Crippen molar-refractivity contribution >= 4 is 5.95 Å². The molecular formula is C10H18N4. The molecule has 78 valence electrons. The van der Waals surface area contributed by atoms with E-state index in [9.17, 15) is 0 Å². The van der Waals surface area contributed by atoms with Gasteiger partial charge in [-0.1, -0.05) is 0 Å². The summed E-state index contributed by atoms with van der Waals surface area (Å²) in [4.78, 5) is 10.1. The zero-order valence-electron chi connectivity index (χ0n) is 8.88. The number of nitrogens with two attached hydrogens (primary N) is 1. The van der Waals surface area contributed by atoms with Gasteiger partial charge in [-0.05, 0) is 32.7 Å². The molecule has 1 saturated heterocycles. The topological polar surface area (TPSA) is 57.9 Å². The van der Waals surface area contributed by atoms with Gasteiger partial charge >= 0.3 is 0 Å². The van der Waals surface area contributed by atoms with Crippen molar-refractivity contribution in [3.05, 3.63) is 11.4 Å². The van der Waals surface area contributed by atoms with Crippen LogP contribution in [-0.4, -0.2) is 29.6 Å². The summed E-state index contributed by atoms with van der Waals surface area (Å²) in [5.41, 5.74) is 7.91. The predicted octanol–water partition coefficient (Wildman–Crippen LogP) is 0.812. The third kappa shape index (κ3) is 1.62. The number of hydrogen-bond donors (Lipinski definition) is 2. The van der Waals surface area contributed by atoms with E-state index in [4.69, 9.17) is 5.73 Å². The van der Waals surface area contributed by atoms with Gasteiger partial charge in [0.05, 0.1) is 5.69 Å². The van der Waals surface area contributed by atoms with Crippen LogP contribution in [0.2, 0.25) is 0 Å². The second kappa shape index (κ2) is 3.61. The molecule has 0 spiro atoms. The summed E-state index contributed by atoms with van der Waals surface area (Å²) in [5, 5.41) is 0. The van der Waals surface area contributed by atoms with Crippen LogP contribution in [0.1, 0.15) is 17.8 Å². The Kier molecular flexibility index (Phi) is 2.46. The number of aromatic amines is 1. The summed E-state index contributed by atoms with van der Waals surface area (Å²) in [6.07, 6.45) is 1.19. The molecule has 4 nitrogen and oxygen atoms in total. The summed E-state index contributed by atoms with van der Waals surface area (Å²) in [6, 6.07) is 0. The molecule has 3 N–H and O–H groups in total. The standard InChI is InChI=1S/C10H18N4/c1-7-8(2)13-10(12-7)14-4-3-9(5-11)6-14/h9H,3-6,11H2,1-2H3,(H,12,13). The normalized spacial score (nSPS) is 21.9. The van der Waals surface area contributed by atoms with Crippen molar-refractivity contribution in [2.45, 2.75) is 20.3 Å². The summed E-state index contributed by atoms with van der Waals surface area (Å²) in [6.45, 7) is 7.00. The quantitative estimate of drug-likeness (QED) is 0.732. The average molecular weight is 194 g/mol. The SMILES string of the molecule is Cc1nc(N2CCC(CN)C2)[nH]c1C. The fraction of sp³-hybridized carbons (Fsp3) is 0.700. The maximum atomic E-state index is 5.65. The van der Waals surface area contributed by atoms with Crippen LogP contribution >= 0.6 is 0 Å². The lowest BCUT2D eigenvalue weighted by molar-refractivity contribution is 0.602. The van der Waals surface area contributed by atoms with E-state index in [1.807, 2.05) is 6.92 Å². The van der Waals surface area contributed by atoms with Crippen molar-refractivity contribution in [2.75, 3.05) is 24.5 Å². The van der Waals surface area contributed by atoms with E-state index in [1.54, 1.807) is 0 Å². The predicted molar refractivity (Wildman–Crippen MR) is 57.4 cm³/mol. The molecule has 0 aliphatic carbocycles. The Morgan fingerprint density at radius 1 is 1.57 bits per heavy atom. The number of aromatic nitrogens is 2. The number of hydrogen-bond acceptors (Lipinski definition) is 3. The monoisotopic (exact) mass is 194 g/mol. The third-order valence-electron chi connectivity index (χ3n) is 3.03. The smallest absolute Gasteiger partial charge is 0.203 e. The maximum absolute atomic E-state index is 5.65. The summed E-state index contributed by atoms with van der Waals surface area (Å²) in [5.74, 6) is 1.65. The van der Waals surface area contributed by atoms with Gasteiger partial charge in [-0.3, -0.25) is 0 Å². The number of H-pyrrole nitrogens is 1. The lowest BCUT2D eigenvalue weighted by Gasteiger charge is -2.14. The Morgan fingerprint density at radius 3 is 2.86 bits per heavy atom. The van der Waals surface area contributed by atoms with E-state index >= 15 is 0 Å². The molecule has 0 bridgehead atoms. The van der Waals surface area contributed by atoms with E-state index < -0.39 is 0 Å². The molecule has 4 heteroatoms. The van der Waals surface area contributed by atoms with Gasteiger partial charge < -0.3 is 15.6 Å². The molecular weight excluding hydrogens is 176 g/mol. The van der Waals surface area contributed by atoms with Gasteiger partial charge in [-0.25, -0.2) is 4.98 Å². The van der Waals surface area contributed by atoms with Gasteiger partial charge in [0, 0.05) is 18.8 Å². The van der Waals surface area contributed by atoms with Crippen molar-refractivity contribution in [1.29, 1.82) is 0 Å². The first-order chi connectivity index (χ1) is 6.70. The first-order valence-electron chi connectivity index (χ1n) is 5.19. The molecule has 0 saturated carbocycles. The third-order valence-corrected chi connectivity index (χ3v) is 3.03. The van der Waals surface area contributed by atoms with Crippen LogP contribution < -0.4 is 10.6 Å².